The molecule has 1 aliphatic rings. The number of hydrogen-bond acceptors (Lipinski definition) is 6. The lowest BCUT2D eigenvalue weighted by Crippen LogP contribution is -2.27. The molecular weight excluding hydrogens is 363 g/mol. The van der Waals surface area contributed by atoms with Gasteiger partial charge in [-0.1, -0.05) is 18.2 Å². The van der Waals surface area contributed by atoms with Crippen LogP contribution in [0.5, 0.6) is 5.88 Å². The Bertz CT molecular complexity index is 1090. The number of amides is 1. The van der Waals surface area contributed by atoms with Crippen LogP contribution in [0.15, 0.2) is 30.3 Å². The molecule has 144 valence electrons. The Morgan fingerprint density at radius 3 is 2.75 bits per heavy atom. The summed E-state index contributed by atoms with van der Waals surface area (Å²) < 4.78 is 20.9. The maximum atomic E-state index is 14.0. The highest BCUT2D eigenvalue weighted by Crippen LogP contribution is 2.40. The number of rotatable bonds is 4. The molecule has 4 rings (SSSR count). The summed E-state index contributed by atoms with van der Waals surface area (Å²) in [7, 11) is 1.50. The number of fused-ring (bicyclic) bond motifs is 1. The van der Waals surface area contributed by atoms with Crippen molar-refractivity contribution in [3.8, 4) is 17.4 Å². The molecule has 3 heterocycles. The molecule has 0 unspecified atom stereocenters. The smallest absolute Gasteiger partial charge is 0.235 e. The lowest BCUT2D eigenvalue weighted by molar-refractivity contribution is -0.119. The summed E-state index contributed by atoms with van der Waals surface area (Å²) in [5, 5.41) is 7.18. The van der Waals surface area contributed by atoms with Crippen molar-refractivity contribution in [1.29, 1.82) is 0 Å². The van der Waals surface area contributed by atoms with Gasteiger partial charge in [-0.3, -0.25) is 4.79 Å². The Labute approximate surface area is 160 Å². The van der Waals surface area contributed by atoms with Crippen LogP contribution in [0.1, 0.15) is 25.0 Å². The van der Waals surface area contributed by atoms with Crippen molar-refractivity contribution in [2.75, 3.05) is 18.2 Å². The van der Waals surface area contributed by atoms with Crippen LogP contribution >= 0.6 is 0 Å². The Hall–Kier alpha value is -3.49. The number of carbonyl (C=O) groups excluding carboxylic acids is 1. The quantitative estimate of drug-likeness (QED) is 0.717. The molecule has 0 aliphatic carbocycles. The first-order chi connectivity index (χ1) is 13.3. The maximum absolute atomic E-state index is 14.0. The molecule has 0 spiro atoms. The molecular formula is C19H19FN6O2. The van der Waals surface area contributed by atoms with Gasteiger partial charge in [0, 0.05) is 11.6 Å². The number of nitrogens with one attached hydrogen (secondary N) is 1. The Balaban J connectivity index is 1.75. The van der Waals surface area contributed by atoms with Crippen LogP contribution in [-0.4, -0.2) is 32.8 Å². The molecule has 1 amide bonds. The van der Waals surface area contributed by atoms with E-state index in [1.807, 2.05) is 0 Å². The van der Waals surface area contributed by atoms with E-state index in [9.17, 15) is 9.18 Å². The van der Waals surface area contributed by atoms with Crippen molar-refractivity contribution in [2.45, 2.75) is 25.8 Å². The number of benzene rings is 1. The molecule has 1 aromatic carbocycles. The number of nitrogens with two attached hydrogens (primary N) is 1. The molecule has 3 aromatic rings. The largest absolute Gasteiger partial charge is 0.481 e. The number of aromatic nitrogens is 4. The van der Waals surface area contributed by atoms with Crippen LogP contribution in [0.2, 0.25) is 0 Å². The summed E-state index contributed by atoms with van der Waals surface area (Å²) in [4.78, 5) is 20.9. The third-order valence-electron chi connectivity index (χ3n) is 4.82. The summed E-state index contributed by atoms with van der Waals surface area (Å²) >= 11 is 0. The highest BCUT2D eigenvalue weighted by atomic mass is 19.1. The predicted octanol–water partition coefficient (Wildman–Crippen LogP) is 2.35. The Kier molecular flexibility index (Phi) is 4.02. The first kappa shape index (κ1) is 17.9. The molecule has 3 N–H and O–H groups in total. The first-order valence-electron chi connectivity index (χ1n) is 8.66. The number of methoxy groups -OCH3 is 1. The highest BCUT2D eigenvalue weighted by Gasteiger charge is 2.42. The van der Waals surface area contributed by atoms with Crippen molar-refractivity contribution in [3.63, 3.8) is 0 Å². The molecule has 9 heteroatoms. The van der Waals surface area contributed by atoms with Crippen LogP contribution in [0.3, 0.4) is 0 Å². The van der Waals surface area contributed by atoms with Gasteiger partial charge >= 0.3 is 0 Å². The maximum Gasteiger partial charge on any atom is 0.235 e. The van der Waals surface area contributed by atoms with E-state index in [4.69, 9.17) is 10.5 Å². The third-order valence-corrected chi connectivity index (χ3v) is 4.82. The van der Waals surface area contributed by atoms with Gasteiger partial charge in [-0.15, -0.1) is 0 Å². The van der Waals surface area contributed by atoms with Crippen molar-refractivity contribution in [1.82, 2.24) is 19.7 Å². The van der Waals surface area contributed by atoms with Gasteiger partial charge in [-0.05, 0) is 19.9 Å². The van der Waals surface area contributed by atoms with Crippen LogP contribution in [-0.2, 0) is 16.8 Å². The van der Waals surface area contributed by atoms with Gasteiger partial charge in [0.05, 0.1) is 24.6 Å². The van der Waals surface area contributed by atoms with Crippen LogP contribution in [0.4, 0.5) is 16.0 Å². The SMILES string of the molecule is COc1cc(-c2nc(N)c3c(n2)NC(=O)C3(C)C)nn1Cc1ccccc1F. The number of carbonyl (C=O) groups is 1. The zero-order valence-corrected chi connectivity index (χ0v) is 15.7. The number of nitrogen functional groups attached to an aromatic ring is 1. The van der Waals surface area contributed by atoms with Gasteiger partial charge in [0.15, 0.2) is 5.82 Å². The monoisotopic (exact) mass is 382 g/mol. The van der Waals surface area contributed by atoms with E-state index in [1.54, 1.807) is 38.1 Å². The average molecular weight is 382 g/mol. The van der Waals surface area contributed by atoms with Gasteiger partial charge in [0.2, 0.25) is 11.8 Å². The van der Waals surface area contributed by atoms with Gasteiger partial charge < -0.3 is 15.8 Å². The van der Waals surface area contributed by atoms with Crippen molar-refractivity contribution >= 4 is 17.5 Å². The second-order valence-corrected chi connectivity index (χ2v) is 7.06. The number of ether oxygens (including phenoxy) is 1. The standard InChI is InChI=1S/C19H19FN6O2/c1-19(2)14-15(21)22-16(23-17(14)24-18(19)27)12-8-13(28-3)26(25-12)9-10-6-4-5-7-11(10)20/h4-8H,9H2,1-3H3,(H3,21,22,23,24,27). The molecule has 1 aliphatic heterocycles. The third kappa shape index (κ3) is 2.75. The van der Waals surface area contributed by atoms with Crippen LogP contribution in [0, 0.1) is 5.82 Å². The summed E-state index contributed by atoms with van der Waals surface area (Å²) in [5.74, 6) is 0.740. The van der Waals surface area contributed by atoms with Gasteiger partial charge in [0.1, 0.15) is 23.1 Å². The zero-order chi connectivity index (χ0) is 20.1. The first-order valence-corrected chi connectivity index (χ1v) is 8.66. The normalized spacial score (nSPS) is 14.6. The number of anilines is 2. The minimum Gasteiger partial charge on any atom is -0.481 e. The molecule has 0 fully saturated rings. The Morgan fingerprint density at radius 1 is 1.29 bits per heavy atom. The fraction of sp³-hybridized carbons (Fsp3) is 0.263. The van der Waals surface area contributed by atoms with Gasteiger partial charge in [0.25, 0.3) is 0 Å². The van der Waals surface area contributed by atoms with E-state index in [1.165, 1.54) is 17.9 Å². The van der Waals surface area contributed by atoms with E-state index >= 15 is 0 Å². The van der Waals surface area contributed by atoms with E-state index in [2.05, 4.69) is 20.4 Å². The van der Waals surface area contributed by atoms with Crippen molar-refractivity contribution in [2.24, 2.45) is 0 Å². The lowest BCUT2D eigenvalue weighted by Gasteiger charge is -2.15. The van der Waals surface area contributed by atoms with Crippen molar-refractivity contribution < 1.29 is 13.9 Å². The molecule has 28 heavy (non-hydrogen) atoms. The van der Waals surface area contributed by atoms with E-state index < -0.39 is 5.41 Å². The molecule has 0 bridgehead atoms. The number of hydrogen-bond donors (Lipinski definition) is 2. The molecule has 0 radical (unpaired) electrons. The predicted molar refractivity (Wildman–Crippen MR) is 101 cm³/mol. The highest BCUT2D eigenvalue weighted by molar-refractivity contribution is 6.06. The van der Waals surface area contributed by atoms with E-state index in [0.717, 1.165) is 0 Å². The fourth-order valence-electron chi connectivity index (χ4n) is 3.25. The summed E-state index contributed by atoms with van der Waals surface area (Å²) in [6.45, 7) is 3.71. The van der Waals surface area contributed by atoms with Crippen LogP contribution in [0.25, 0.3) is 11.5 Å². The number of nitrogens with zero attached hydrogens (tertiary/aromatic N) is 4. The second kappa shape index (κ2) is 6.29. The van der Waals surface area contributed by atoms with E-state index in [0.29, 0.717) is 28.5 Å². The molecule has 0 atom stereocenters. The fourth-order valence-corrected chi connectivity index (χ4v) is 3.25. The summed E-state index contributed by atoms with van der Waals surface area (Å²) in [5.41, 5.74) is 6.75. The topological polar surface area (TPSA) is 108 Å². The molecule has 0 saturated heterocycles. The number of halogens is 1. The van der Waals surface area contributed by atoms with Gasteiger partial charge in [-0.2, -0.15) is 5.10 Å². The zero-order valence-electron chi connectivity index (χ0n) is 15.7. The van der Waals surface area contributed by atoms with Crippen molar-refractivity contribution in [3.05, 3.63) is 47.3 Å². The minimum atomic E-state index is -0.806. The van der Waals surface area contributed by atoms with E-state index in [-0.39, 0.29) is 29.9 Å². The average Bonchev–Trinajstić information content (AvgIpc) is 3.15. The molecule has 0 saturated carbocycles. The second-order valence-electron chi connectivity index (χ2n) is 7.06. The van der Waals surface area contributed by atoms with Crippen LogP contribution < -0.4 is 15.8 Å². The Morgan fingerprint density at radius 2 is 2.04 bits per heavy atom. The minimum absolute atomic E-state index is 0.181. The molecule has 8 nitrogen and oxygen atoms in total. The summed E-state index contributed by atoms with van der Waals surface area (Å²) in [6.07, 6.45) is 0. The molecule has 2 aromatic heterocycles. The lowest BCUT2D eigenvalue weighted by atomic mass is 9.87. The van der Waals surface area contributed by atoms with Gasteiger partial charge in [-0.25, -0.2) is 19.0 Å². The summed E-state index contributed by atoms with van der Waals surface area (Å²) in [6, 6.07) is 8.09.